The van der Waals surface area contributed by atoms with Gasteiger partial charge in [0.2, 0.25) is 5.91 Å². The number of amides is 1. The number of carbonyl (C=O) groups excluding carboxylic acids is 1. The van der Waals surface area contributed by atoms with Crippen molar-refractivity contribution in [3.8, 4) is 11.1 Å². The van der Waals surface area contributed by atoms with Crippen molar-refractivity contribution in [2.24, 2.45) is 5.92 Å². The molecule has 0 saturated carbocycles. The minimum Gasteiger partial charge on any atom is -0.481 e. The number of aliphatic hydroxyl groups excluding tert-OH is 2. The highest BCUT2D eigenvalue weighted by Crippen LogP contribution is 2.42. The molecule has 4 aromatic carbocycles. The number of nitrogens with one attached hydrogen (secondary N) is 1. The first-order chi connectivity index (χ1) is 24.1. The van der Waals surface area contributed by atoms with Crippen molar-refractivity contribution >= 4 is 11.9 Å². The van der Waals surface area contributed by atoms with Gasteiger partial charge in [-0.25, -0.2) is 0 Å². The molecule has 0 aromatic heterocycles. The number of nitrogens with zero attached hydrogens (tertiary/aromatic N) is 1. The molecule has 1 saturated heterocycles. The first kappa shape index (κ1) is 36.9. The van der Waals surface area contributed by atoms with Crippen LogP contribution >= 0.6 is 0 Å². The molecule has 50 heavy (non-hydrogen) atoms. The normalized spacial score (nSPS) is 20.3. The summed E-state index contributed by atoms with van der Waals surface area (Å²) in [4.78, 5) is 25.1. The highest BCUT2D eigenvalue weighted by Gasteiger charge is 2.39. The van der Waals surface area contributed by atoms with E-state index in [1.165, 1.54) is 0 Å². The number of hydrogen-bond donors (Lipinski definition) is 4. The van der Waals surface area contributed by atoms with E-state index in [1.54, 1.807) is 0 Å². The van der Waals surface area contributed by atoms with Gasteiger partial charge in [0.05, 0.1) is 24.9 Å². The molecule has 6 atom stereocenters. The molecular formula is C41H48N2O7. The second-order valence-electron chi connectivity index (χ2n) is 13.2. The summed E-state index contributed by atoms with van der Waals surface area (Å²) in [5.74, 6) is -1.10. The summed E-state index contributed by atoms with van der Waals surface area (Å²) < 4.78 is 13.5. The second kappa shape index (κ2) is 17.5. The van der Waals surface area contributed by atoms with Crippen LogP contribution in [-0.4, -0.2) is 57.8 Å². The number of carbonyl (C=O) groups is 2. The number of ether oxygens (including phenoxy) is 2. The number of hydrogen-bond acceptors (Lipinski definition) is 7. The van der Waals surface area contributed by atoms with Crippen LogP contribution in [0.25, 0.3) is 11.1 Å². The standard InChI is InChI=1S/C41H48N2O7/c1-27-36(25-43(3)28(2)39(48)31-11-5-4-6-12-31)49-41(50-40(27)32-20-18-29(26-44)19-21-32)35-15-8-14-34(23-35)33-13-7-10-30(22-33)24-42-37(45)16-9-17-38(46)47/h4-8,10-15,18-23,27-28,36,39-41,44,48H,9,16-17,24-26H2,1-3H3,(H,42,45)(H,46,47). The lowest BCUT2D eigenvalue weighted by atomic mass is 9.89. The van der Waals surface area contributed by atoms with E-state index in [4.69, 9.17) is 14.6 Å². The topological polar surface area (TPSA) is 129 Å². The zero-order valence-corrected chi connectivity index (χ0v) is 28.9. The van der Waals surface area contributed by atoms with Gasteiger partial charge in [-0.2, -0.15) is 0 Å². The molecule has 4 N–H and O–H groups in total. The number of likely N-dealkylation sites (N-methyl/N-ethyl adjacent to an activating group) is 1. The number of carboxylic acids is 1. The first-order valence-corrected chi connectivity index (χ1v) is 17.2. The van der Waals surface area contributed by atoms with Crippen molar-refractivity contribution in [3.63, 3.8) is 0 Å². The summed E-state index contributed by atoms with van der Waals surface area (Å²) in [5, 5.41) is 32.5. The Morgan fingerprint density at radius 1 is 0.840 bits per heavy atom. The zero-order valence-electron chi connectivity index (χ0n) is 28.9. The Balaban J connectivity index is 1.35. The van der Waals surface area contributed by atoms with E-state index in [0.29, 0.717) is 19.5 Å². The maximum atomic E-state index is 12.2. The molecule has 9 heteroatoms. The maximum absolute atomic E-state index is 12.2. The highest BCUT2D eigenvalue weighted by atomic mass is 16.7. The van der Waals surface area contributed by atoms with E-state index in [9.17, 15) is 19.8 Å². The smallest absolute Gasteiger partial charge is 0.303 e. The third kappa shape index (κ3) is 9.65. The van der Waals surface area contributed by atoms with Gasteiger partial charge in [-0.15, -0.1) is 0 Å². The van der Waals surface area contributed by atoms with Gasteiger partial charge in [-0.3, -0.25) is 14.5 Å². The number of aliphatic hydroxyl groups is 2. The summed E-state index contributed by atoms with van der Waals surface area (Å²) in [7, 11) is 2.01. The molecule has 0 spiro atoms. The van der Waals surface area contributed by atoms with Gasteiger partial charge in [0.15, 0.2) is 6.29 Å². The van der Waals surface area contributed by atoms with Crippen LogP contribution in [0.3, 0.4) is 0 Å². The molecular weight excluding hydrogens is 632 g/mol. The summed E-state index contributed by atoms with van der Waals surface area (Å²) in [6, 6.07) is 33.4. The summed E-state index contributed by atoms with van der Waals surface area (Å²) in [5.41, 5.74) is 6.45. The minimum atomic E-state index is -0.908. The molecule has 1 aliphatic rings. The van der Waals surface area contributed by atoms with Gasteiger partial charge >= 0.3 is 5.97 Å². The van der Waals surface area contributed by atoms with Crippen molar-refractivity contribution in [1.82, 2.24) is 10.2 Å². The van der Waals surface area contributed by atoms with Gasteiger partial charge in [0, 0.05) is 43.5 Å². The number of carboxylic acid groups (broad SMARTS) is 1. The molecule has 9 nitrogen and oxygen atoms in total. The van der Waals surface area contributed by atoms with E-state index in [1.807, 2.05) is 111 Å². The van der Waals surface area contributed by atoms with Crippen LogP contribution in [0.1, 0.15) is 79.4 Å². The Kier molecular flexibility index (Phi) is 12.9. The van der Waals surface area contributed by atoms with Crippen molar-refractivity contribution in [1.29, 1.82) is 0 Å². The number of rotatable bonds is 15. The average molecular weight is 681 g/mol. The SMILES string of the molecule is CC1C(CN(C)C(C)C(O)c2ccccc2)OC(c2cccc(-c3cccc(CNC(=O)CCCC(=O)O)c3)c2)OC1c1ccc(CO)cc1. The zero-order chi connectivity index (χ0) is 35.6. The molecule has 1 fully saturated rings. The Labute approximate surface area is 294 Å². The summed E-state index contributed by atoms with van der Waals surface area (Å²) in [6.45, 7) is 5.03. The van der Waals surface area contributed by atoms with Crippen LogP contribution in [0.4, 0.5) is 0 Å². The molecule has 5 rings (SSSR count). The van der Waals surface area contributed by atoms with E-state index in [-0.39, 0.29) is 49.5 Å². The fourth-order valence-corrected chi connectivity index (χ4v) is 6.36. The molecule has 1 amide bonds. The predicted octanol–water partition coefficient (Wildman–Crippen LogP) is 6.56. The Bertz CT molecular complexity index is 1700. The Hall–Kier alpha value is -4.38. The van der Waals surface area contributed by atoms with Crippen molar-refractivity contribution in [2.45, 2.75) is 76.9 Å². The van der Waals surface area contributed by atoms with Crippen LogP contribution in [0.15, 0.2) is 103 Å². The summed E-state index contributed by atoms with van der Waals surface area (Å²) in [6.07, 6.45) is -1.38. The molecule has 0 aliphatic carbocycles. The van der Waals surface area contributed by atoms with Crippen LogP contribution in [-0.2, 0) is 32.2 Å². The van der Waals surface area contributed by atoms with Crippen LogP contribution < -0.4 is 5.32 Å². The Morgan fingerprint density at radius 3 is 2.24 bits per heavy atom. The molecule has 1 heterocycles. The average Bonchev–Trinajstić information content (AvgIpc) is 3.14. The van der Waals surface area contributed by atoms with Crippen molar-refractivity contribution in [2.75, 3.05) is 13.6 Å². The van der Waals surface area contributed by atoms with Gasteiger partial charge in [-0.1, -0.05) is 97.9 Å². The van der Waals surface area contributed by atoms with Gasteiger partial charge in [0.25, 0.3) is 0 Å². The third-order valence-corrected chi connectivity index (χ3v) is 9.59. The van der Waals surface area contributed by atoms with E-state index < -0.39 is 18.4 Å². The molecule has 4 aromatic rings. The molecule has 6 unspecified atom stereocenters. The summed E-state index contributed by atoms with van der Waals surface area (Å²) >= 11 is 0. The fraction of sp³-hybridized carbons (Fsp3) is 0.366. The number of aliphatic carboxylic acids is 1. The Morgan fingerprint density at radius 2 is 1.54 bits per heavy atom. The number of benzene rings is 4. The van der Waals surface area contributed by atoms with Gasteiger partial charge in [0.1, 0.15) is 0 Å². The lowest BCUT2D eigenvalue weighted by molar-refractivity contribution is -0.276. The van der Waals surface area contributed by atoms with Crippen LogP contribution in [0.2, 0.25) is 0 Å². The molecule has 0 radical (unpaired) electrons. The minimum absolute atomic E-state index is 0.0195. The van der Waals surface area contributed by atoms with E-state index in [0.717, 1.165) is 38.9 Å². The monoisotopic (exact) mass is 680 g/mol. The lowest BCUT2D eigenvalue weighted by Crippen LogP contribution is -2.46. The highest BCUT2D eigenvalue weighted by molar-refractivity contribution is 5.76. The fourth-order valence-electron chi connectivity index (χ4n) is 6.36. The maximum Gasteiger partial charge on any atom is 0.303 e. The molecule has 264 valence electrons. The lowest BCUT2D eigenvalue weighted by Gasteiger charge is -2.43. The second-order valence-corrected chi connectivity index (χ2v) is 13.2. The van der Waals surface area contributed by atoms with Gasteiger partial charge < -0.3 is 30.1 Å². The van der Waals surface area contributed by atoms with Crippen LogP contribution in [0.5, 0.6) is 0 Å². The molecule has 1 aliphatic heterocycles. The largest absolute Gasteiger partial charge is 0.481 e. The predicted molar refractivity (Wildman–Crippen MR) is 192 cm³/mol. The first-order valence-electron chi connectivity index (χ1n) is 17.2. The van der Waals surface area contributed by atoms with Crippen molar-refractivity contribution in [3.05, 3.63) is 131 Å². The van der Waals surface area contributed by atoms with Crippen molar-refractivity contribution < 1.29 is 34.4 Å². The van der Waals surface area contributed by atoms with E-state index >= 15 is 0 Å². The quantitative estimate of drug-likeness (QED) is 0.111. The van der Waals surface area contributed by atoms with Gasteiger partial charge in [-0.05, 0) is 65.9 Å². The van der Waals surface area contributed by atoms with E-state index in [2.05, 4.69) is 23.2 Å². The molecule has 0 bridgehead atoms. The van der Waals surface area contributed by atoms with Crippen LogP contribution in [0, 0.1) is 5.92 Å². The third-order valence-electron chi connectivity index (χ3n) is 9.59.